The van der Waals surface area contributed by atoms with Crippen LogP contribution in [0.2, 0.25) is 0 Å². The normalized spacial score (nSPS) is 11.5. The van der Waals surface area contributed by atoms with E-state index in [1.54, 1.807) is 0 Å². The van der Waals surface area contributed by atoms with Crippen molar-refractivity contribution in [2.75, 3.05) is 39.5 Å². The Bertz CT molecular complexity index is 3730. The SMILES string of the molecule is Cl.NCCc1[nH]nc2ccccc12.N[C@@H](CO)C(=O)NCCc1[nH]nc2ccccc12.O=C(N[C@@H](COCc1ccccc1)C(=O)NCCc1[nH]nc2ccccc12)OCc1ccccc1.O=C(N[C@@H](COCc1ccccc1)C(=O)O)OCc1ccccc1. The number of aliphatic hydroxyl groups excluding tert-OH is 1. The van der Waals surface area contributed by atoms with Gasteiger partial charge >= 0.3 is 18.2 Å². The van der Waals surface area contributed by atoms with Crippen molar-refractivity contribution in [2.24, 2.45) is 11.5 Å². The van der Waals surface area contributed by atoms with E-state index in [0.717, 1.165) is 73.1 Å². The van der Waals surface area contributed by atoms with Crippen LogP contribution < -0.4 is 32.7 Å². The van der Waals surface area contributed by atoms with Gasteiger partial charge in [-0.3, -0.25) is 24.9 Å². The van der Waals surface area contributed by atoms with Crippen LogP contribution >= 0.6 is 12.4 Å². The number of aliphatic carboxylic acids is 1. The smallest absolute Gasteiger partial charge is 0.408 e. The zero-order valence-electron chi connectivity index (χ0n) is 49.4. The molecule has 0 aliphatic rings. The van der Waals surface area contributed by atoms with E-state index in [4.69, 9.17) is 40.6 Å². The number of carbonyl (C=O) groups is 5. The highest BCUT2D eigenvalue weighted by molar-refractivity contribution is 5.87. The monoisotopic (exact) mass is 1250 g/mol. The summed E-state index contributed by atoms with van der Waals surface area (Å²) in [6.45, 7) is 1.78. The molecule has 4 amide bonds. The van der Waals surface area contributed by atoms with Gasteiger partial charge in [0.2, 0.25) is 11.8 Å². The molecule has 10 rings (SSSR count). The number of hydrogen-bond donors (Lipinski definition) is 11. The van der Waals surface area contributed by atoms with Gasteiger partial charge in [-0.05, 0) is 47.0 Å². The molecule has 10 aromatic rings. The van der Waals surface area contributed by atoms with Gasteiger partial charge in [-0.25, -0.2) is 14.4 Å². The molecule has 13 N–H and O–H groups in total. The standard InChI is InChI=1S/C27H28N4O4.C18H19NO5.C12H16N4O2.C9H11N3.ClH/c32-26(28-16-15-24-22-13-7-8-14-23(22)30-31-24)25(19-34-17-20-9-3-1-4-10-20)29-27(33)35-18-21-11-5-2-6-12-21;20-17(21)16(13-23-11-14-7-3-1-4-8-14)19-18(22)24-12-15-9-5-2-6-10-15;13-9(7-17)12(18)14-6-5-11-8-3-1-2-4-10(8)15-16-11;10-6-5-9-7-3-1-2-4-8(7)11-12-9;/h1-14,25H,15-19H2,(H,28,32)(H,29,33)(H,30,31);1-10,16H,11-13H2,(H,19,22)(H,20,21);1-4,9,17H,5-7,13H2,(H,14,18)(H,15,16);1-4H,5-6,10H2,(H,11,12);1H/t25-;16-;9-;;/m000../s1. The molecule has 3 aromatic heterocycles. The van der Waals surface area contributed by atoms with Crippen LogP contribution in [-0.2, 0) is 79.0 Å². The van der Waals surface area contributed by atoms with Crippen molar-refractivity contribution in [3.8, 4) is 0 Å². The van der Waals surface area contributed by atoms with E-state index in [9.17, 15) is 24.0 Å². The van der Waals surface area contributed by atoms with Gasteiger partial charge in [-0.15, -0.1) is 12.4 Å². The Kier molecular flexibility index (Phi) is 29.4. The van der Waals surface area contributed by atoms with Gasteiger partial charge in [0.25, 0.3) is 0 Å². The maximum Gasteiger partial charge on any atom is 0.408 e. The summed E-state index contributed by atoms with van der Waals surface area (Å²) in [6, 6.07) is 58.2. The summed E-state index contributed by atoms with van der Waals surface area (Å²) in [4.78, 5) is 59.5. The number of carbonyl (C=O) groups excluding carboxylic acids is 4. The number of halogens is 1. The number of carboxylic acids is 1. The second kappa shape index (κ2) is 38.3. The largest absolute Gasteiger partial charge is 0.480 e. The number of aromatic nitrogens is 6. The Hall–Kier alpha value is -10.0. The molecule has 3 atom stereocenters. The van der Waals surface area contributed by atoms with Crippen LogP contribution in [0.4, 0.5) is 9.59 Å². The van der Waals surface area contributed by atoms with E-state index < -0.39 is 36.3 Å². The Morgan fingerprint density at radius 2 is 0.789 bits per heavy atom. The van der Waals surface area contributed by atoms with Crippen LogP contribution in [-0.4, -0.2) is 128 Å². The molecule has 0 saturated heterocycles. The molecule has 7 aromatic carbocycles. The molecule has 0 unspecified atom stereocenters. The van der Waals surface area contributed by atoms with Gasteiger partial charge in [0.15, 0.2) is 6.04 Å². The second-order valence-corrected chi connectivity index (χ2v) is 19.9. The van der Waals surface area contributed by atoms with Crippen LogP contribution in [0, 0.1) is 0 Å². The van der Waals surface area contributed by atoms with E-state index in [2.05, 4.69) is 57.9 Å². The number of H-pyrrole nitrogens is 3. The summed E-state index contributed by atoms with van der Waals surface area (Å²) in [6.07, 6.45) is 0.596. The number of amides is 4. The summed E-state index contributed by atoms with van der Waals surface area (Å²) >= 11 is 0. The number of aromatic amines is 3. The Morgan fingerprint density at radius 3 is 1.17 bits per heavy atom. The average Bonchev–Trinajstić information content (AvgIpc) is 2.66. The molecule has 23 nitrogen and oxygen atoms in total. The van der Waals surface area contributed by atoms with Gasteiger partial charge in [-0.1, -0.05) is 176 Å². The van der Waals surface area contributed by atoms with Crippen LogP contribution in [0.1, 0.15) is 39.3 Å². The zero-order valence-corrected chi connectivity index (χ0v) is 50.2. The number of carboxylic acid groups (broad SMARTS) is 1. The highest BCUT2D eigenvalue weighted by Crippen LogP contribution is 2.17. The third-order valence-electron chi connectivity index (χ3n) is 13.3. The van der Waals surface area contributed by atoms with Crippen LogP contribution in [0.5, 0.6) is 0 Å². The molecule has 0 bridgehead atoms. The molecular weight excluding hydrogens is 1170 g/mol. The number of alkyl carbamates (subject to hydrolysis) is 2. The first-order valence-corrected chi connectivity index (χ1v) is 28.8. The first kappa shape index (κ1) is 69.1. The molecule has 0 radical (unpaired) electrons. The van der Waals surface area contributed by atoms with Gasteiger partial charge in [0.05, 0.1) is 49.6 Å². The van der Waals surface area contributed by atoms with Crippen LogP contribution in [0.25, 0.3) is 32.7 Å². The minimum absolute atomic E-state index is 0. The first-order chi connectivity index (χ1) is 43.5. The van der Waals surface area contributed by atoms with Crippen molar-refractivity contribution >= 4 is 75.1 Å². The Balaban J connectivity index is 0.000000204. The van der Waals surface area contributed by atoms with Gasteiger partial charge < -0.3 is 61.9 Å². The number of fused-ring (bicyclic) bond motifs is 3. The quantitative estimate of drug-likeness (QED) is 0.0252. The van der Waals surface area contributed by atoms with E-state index in [1.807, 2.05) is 188 Å². The number of para-hydroxylation sites is 3. The number of aliphatic hydroxyl groups is 1. The summed E-state index contributed by atoms with van der Waals surface area (Å²) in [5.74, 6) is -1.88. The number of ether oxygens (including phenoxy) is 4. The van der Waals surface area contributed by atoms with Crippen LogP contribution in [0.3, 0.4) is 0 Å². The highest BCUT2D eigenvalue weighted by atomic mass is 35.5. The third-order valence-corrected chi connectivity index (χ3v) is 13.3. The summed E-state index contributed by atoms with van der Waals surface area (Å²) in [5.41, 5.74) is 20.3. The summed E-state index contributed by atoms with van der Waals surface area (Å²) < 4.78 is 21.4. The molecule has 0 saturated carbocycles. The van der Waals surface area contributed by atoms with E-state index in [-0.39, 0.29) is 63.9 Å². The highest BCUT2D eigenvalue weighted by Gasteiger charge is 2.23. The van der Waals surface area contributed by atoms with E-state index in [0.29, 0.717) is 39.1 Å². The summed E-state index contributed by atoms with van der Waals surface area (Å²) in [5, 5.41) is 53.1. The fourth-order valence-corrected chi connectivity index (χ4v) is 8.63. The van der Waals surface area contributed by atoms with Crippen molar-refractivity contribution in [1.82, 2.24) is 51.9 Å². The Labute approximate surface area is 526 Å². The molecular formula is C66H75ClN12O11. The number of nitrogens with zero attached hydrogens (tertiary/aromatic N) is 3. The van der Waals surface area contributed by atoms with Crippen molar-refractivity contribution in [3.63, 3.8) is 0 Å². The van der Waals surface area contributed by atoms with Crippen molar-refractivity contribution in [2.45, 2.75) is 63.8 Å². The predicted molar refractivity (Wildman–Crippen MR) is 344 cm³/mol. The number of benzene rings is 7. The lowest BCUT2D eigenvalue weighted by atomic mass is 10.1. The second-order valence-electron chi connectivity index (χ2n) is 19.9. The zero-order chi connectivity index (χ0) is 62.8. The average molecular weight is 1250 g/mol. The maximum absolute atomic E-state index is 12.9. The molecule has 0 spiro atoms. The Morgan fingerprint density at radius 1 is 0.456 bits per heavy atom. The molecule has 472 valence electrons. The number of nitrogens with two attached hydrogens (primary N) is 2. The lowest BCUT2D eigenvalue weighted by Gasteiger charge is -2.18. The summed E-state index contributed by atoms with van der Waals surface area (Å²) in [7, 11) is 0. The lowest BCUT2D eigenvalue weighted by Crippen LogP contribution is -2.49. The fraction of sp³-hybridized carbons (Fsp3) is 0.242. The molecule has 0 aliphatic carbocycles. The topological polar surface area (TPSA) is 349 Å². The lowest BCUT2D eigenvalue weighted by molar-refractivity contribution is -0.141. The van der Waals surface area contributed by atoms with Crippen LogP contribution in [0.15, 0.2) is 194 Å². The third kappa shape index (κ3) is 23.3. The number of rotatable bonds is 26. The van der Waals surface area contributed by atoms with E-state index >= 15 is 0 Å². The first-order valence-electron chi connectivity index (χ1n) is 28.8. The molecule has 90 heavy (non-hydrogen) atoms. The number of nitrogens with one attached hydrogen (secondary N) is 7. The van der Waals surface area contributed by atoms with Crippen molar-refractivity contribution in [1.29, 1.82) is 0 Å². The number of hydrogen-bond acceptors (Lipinski definition) is 15. The van der Waals surface area contributed by atoms with Crippen molar-refractivity contribution in [3.05, 3.63) is 233 Å². The molecule has 24 heteroatoms. The minimum Gasteiger partial charge on any atom is -0.480 e. The minimum atomic E-state index is -1.18. The molecule has 0 aliphatic heterocycles. The van der Waals surface area contributed by atoms with Crippen molar-refractivity contribution < 1.29 is 53.1 Å². The van der Waals surface area contributed by atoms with Gasteiger partial charge in [0, 0.05) is 65.6 Å². The molecule has 0 fully saturated rings. The van der Waals surface area contributed by atoms with Gasteiger partial charge in [-0.2, -0.15) is 15.3 Å². The maximum atomic E-state index is 12.9. The van der Waals surface area contributed by atoms with Gasteiger partial charge in [0.1, 0.15) is 25.3 Å². The fourth-order valence-electron chi connectivity index (χ4n) is 8.63. The van der Waals surface area contributed by atoms with E-state index in [1.165, 1.54) is 5.39 Å². The molecule has 3 heterocycles. The predicted octanol–water partition coefficient (Wildman–Crippen LogP) is 7.34.